The van der Waals surface area contributed by atoms with Gasteiger partial charge < -0.3 is 4.90 Å². The second kappa shape index (κ2) is 7.40. The Kier molecular flexibility index (Phi) is 5.11. The van der Waals surface area contributed by atoms with Crippen LogP contribution in [0.4, 0.5) is 0 Å². The van der Waals surface area contributed by atoms with Gasteiger partial charge in [0.1, 0.15) is 16.9 Å². The molecule has 166 valence electrons. The van der Waals surface area contributed by atoms with Crippen molar-refractivity contribution in [2.24, 2.45) is 7.05 Å². The topological polar surface area (TPSA) is 115 Å². The van der Waals surface area contributed by atoms with E-state index in [0.29, 0.717) is 30.3 Å². The van der Waals surface area contributed by atoms with Crippen LogP contribution in [0.3, 0.4) is 0 Å². The molecule has 1 aliphatic rings. The fourth-order valence-electron chi connectivity index (χ4n) is 4.02. The normalized spacial score (nSPS) is 18.0. The van der Waals surface area contributed by atoms with Gasteiger partial charge in [0.25, 0.3) is 11.7 Å². The van der Waals surface area contributed by atoms with Gasteiger partial charge in [0.2, 0.25) is 0 Å². The van der Waals surface area contributed by atoms with Crippen molar-refractivity contribution >= 4 is 21.5 Å². The predicted octanol–water partition coefficient (Wildman–Crippen LogP) is 1.58. The molecule has 0 bridgehead atoms. The number of hydrogen-bond acceptors (Lipinski definition) is 7. The summed E-state index contributed by atoms with van der Waals surface area (Å²) in [5.74, 6) is 0.0252. The molecule has 0 aromatic carbocycles. The van der Waals surface area contributed by atoms with E-state index in [-0.39, 0.29) is 22.1 Å². The summed E-state index contributed by atoms with van der Waals surface area (Å²) in [6.07, 6.45) is 5.34. The van der Waals surface area contributed by atoms with Crippen molar-refractivity contribution in [3.05, 3.63) is 35.7 Å². The van der Waals surface area contributed by atoms with E-state index in [4.69, 9.17) is 0 Å². The smallest absolute Gasteiger partial charge is 0.272 e. The van der Waals surface area contributed by atoms with Gasteiger partial charge in [0.05, 0.1) is 17.6 Å². The molecule has 0 aliphatic carbocycles. The summed E-state index contributed by atoms with van der Waals surface area (Å²) in [5, 5.41) is 8.72. The third kappa shape index (κ3) is 3.93. The summed E-state index contributed by atoms with van der Waals surface area (Å²) < 4.78 is 28.0. The van der Waals surface area contributed by atoms with Crippen LogP contribution in [0.5, 0.6) is 0 Å². The van der Waals surface area contributed by atoms with Crippen LogP contribution in [-0.4, -0.2) is 67.9 Å². The molecule has 0 saturated carbocycles. The first kappa shape index (κ1) is 21.4. The molecule has 1 saturated heterocycles. The number of carbonyl (C=O) groups excluding carboxylic acids is 1. The number of likely N-dealkylation sites (tertiary alicyclic amines) is 1. The molecule has 4 rings (SSSR count). The second-order valence-electron chi connectivity index (χ2n) is 9.13. The average molecular weight is 446 g/mol. The van der Waals surface area contributed by atoms with Gasteiger partial charge in [-0.05, 0) is 18.9 Å². The van der Waals surface area contributed by atoms with E-state index in [2.05, 4.69) is 40.9 Å². The Morgan fingerprint density at radius 1 is 1.23 bits per heavy atom. The molecule has 3 aromatic rings. The number of carbonyl (C=O) groups is 1. The highest BCUT2D eigenvalue weighted by atomic mass is 32.2. The number of piperidine rings is 1. The van der Waals surface area contributed by atoms with Crippen molar-refractivity contribution < 1.29 is 13.2 Å². The van der Waals surface area contributed by atoms with Crippen molar-refractivity contribution in [1.29, 1.82) is 0 Å². The molecule has 3 aromatic heterocycles. The highest BCUT2D eigenvalue weighted by Gasteiger charge is 2.33. The number of rotatable bonds is 3. The van der Waals surface area contributed by atoms with E-state index in [1.807, 2.05) is 6.07 Å². The van der Waals surface area contributed by atoms with Gasteiger partial charge in [-0.2, -0.15) is 19.7 Å². The summed E-state index contributed by atoms with van der Waals surface area (Å²) in [4.78, 5) is 23.4. The second-order valence-corrected chi connectivity index (χ2v) is 11.1. The largest absolute Gasteiger partial charge is 0.337 e. The zero-order valence-electron chi connectivity index (χ0n) is 18.4. The number of aromatic nitrogens is 6. The van der Waals surface area contributed by atoms with E-state index in [1.54, 1.807) is 16.6 Å². The number of hydrogen-bond donors (Lipinski definition) is 0. The minimum absolute atomic E-state index is 0.111. The third-order valence-electron chi connectivity index (χ3n) is 5.67. The average Bonchev–Trinajstić information content (AvgIpc) is 3.32. The first-order valence-electron chi connectivity index (χ1n) is 10.2. The lowest BCUT2D eigenvalue weighted by atomic mass is 9.92. The van der Waals surface area contributed by atoms with Crippen molar-refractivity contribution in [3.8, 4) is 0 Å². The summed E-state index contributed by atoms with van der Waals surface area (Å²) in [5.41, 5.74) is 1.74. The van der Waals surface area contributed by atoms with Crippen LogP contribution in [0.1, 0.15) is 61.4 Å². The number of fused-ring (bicyclic) bond motifs is 1. The predicted molar refractivity (Wildman–Crippen MR) is 114 cm³/mol. The first-order valence-corrected chi connectivity index (χ1v) is 12.1. The van der Waals surface area contributed by atoms with E-state index < -0.39 is 9.84 Å². The molecular formula is C20H27N7O3S. The van der Waals surface area contributed by atoms with Gasteiger partial charge in [-0.3, -0.25) is 9.48 Å². The van der Waals surface area contributed by atoms with Gasteiger partial charge in [0, 0.05) is 37.7 Å². The quantitative estimate of drug-likeness (QED) is 0.601. The van der Waals surface area contributed by atoms with E-state index in [1.165, 1.54) is 17.0 Å². The van der Waals surface area contributed by atoms with Crippen LogP contribution in [0.2, 0.25) is 0 Å². The van der Waals surface area contributed by atoms with Gasteiger partial charge in [-0.25, -0.2) is 13.4 Å². The molecule has 11 heteroatoms. The molecule has 31 heavy (non-hydrogen) atoms. The Labute approximate surface area is 181 Å². The fourth-order valence-corrected chi connectivity index (χ4v) is 4.90. The Hall–Kier alpha value is -2.82. The van der Waals surface area contributed by atoms with Crippen molar-refractivity contribution in [2.75, 3.05) is 19.3 Å². The monoisotopic (exact) mass is 445 g/mol. The van der Waals surface area contributed by atoms with Crippen molar-refractivity contribution in [1.82, 2.24) is 34.3 Å². The lowest BCUT2D eigenvalue weighted by molar-refractivity contribution is 0.0693. The van der Waals surface area contributed by atoms with Crippen molar-refractivity contribution in [2.45, 2.75) is 49.8 Å². The lowest BCUT2D eigenvalue weighted by Gasteiger charge is -2.33. The number of nitrogens with zero attached hydrogens (tertiary/aromatic N) is 7. The van der Waals surface area contributed by atoms with Crippen LogP contribution in [-0.2, 0) is 22.3 Å². The molecule has 0 unspecified atom stereocenters. The van der Waals surface area contributed by atoms with Crippen LogP contribution < -0.4 is 0 Å². The molecule has 0 N–H and O–H groups in total. The first-order chi connectivity index (χ1) is 14.5. The molecule has 1 fully saturated rings. The lowest BCUT2D eigenvalue weighted by Crippen LogP contribution is -2.40. The maximum absolute atomic E-state index is 13.3. The highest BCUT2D eigenvalue weighted by molar-refractivity contribution is 7.90. The van der Waals surface area contributed by atoms with E-state index in [0.717, 1.165) is 24.8 Å². The van der Waals surface area contributed by atoms with Gasteiger partial charge in [0.15, 0.2) is 9.84 Å². The fraction of sp³-hybridized carbons (Fsp3) is 0.550. The van der Waals surface area contributed by atoms with Crippen LogP contribution in [0.25, 0.3) is 5.78 Å². The summed E-state index contributed by atoms with van der Waals surface area (Å²) >= 11 is 0. The van der Waals surface area contributed by atoms with Crippen LogP contribution >= 0.6 is 0 Å². The molecule has 4 heterocycles. The highest BCUT2D eigenvalue weighted by Crippen LogP contribution is 2.32. The Balaban J connectivity index is 1.70. The Bertz CT molecular complexity index is 1250. The summed E-state index contributed by atoms with van der Waals surface area (Å²) in [6, 6.07) is 1.84. The molecule has 1 amide bonds. The Morgan fingerprint density at radius 2 is 1.97 bits per heavy atom. The zero-order valence-corrected chi connectivity index (χ0v) is 19.2. The summed E-state index contributed by atoms with van der Waals surface area (Å²) in [7, 11) is -1.76. The maximum atomic E-state index is 13.3. The SMILES string of the molecule is Cn1nc(C(C)(C)C)cc1C(=O)N1CCC[C@H](c2c(S(C)(=O)=O)cnc3ncnn23)C1. The number of sulfone groups is 1. The summed E-state index contributed by atoms with van der Waals surface area (Å²) in [6.45, 7) is 7.15. The minimum atomic E-state index is -3.53. The molecule has 10 nitrogen and oxygen atoms in total. The minimum Gasteiger partial charge on any atom is -0.337 e. The molecule has 1 aliphatic heterocycles. The van der Waals surface area contributed by atoms with Crippen LogP contribution in [0, 0.1) is 0 Å². The van der Waals surface area contributed by atoms with Crippen LogP contribution in [0.15, 0.2) is 23.5 Å². The standard InChI is InChI=1S/C20H27N7O3S/c1-20(2,3)16-9-14(25(4)24-16)18(28)26-8-6-7-13(11-26)17-15(31(5,29)30)10-21-19-22-12-23-27(17)19/h9-10,12-13H,6-8,11H2,1-5H3/t13-/m0/s1. The van der Waals surface area contributed by atoms with E-state index in [9.17, 15) is 13.2 Å². The molecular weight excluding hydrogens is 418 g/mol. The van der Waals surface area contributed by atoms with Gasteiger partial charge in [-0.1, -0.05) is 20.8 Å². The third-order valence-corrected chi connectivity index (χ3v) is 6.78. The Morgan fingerprint density at radius 3 is 2.61 bits per heavy atom. The number of amides is 1. The van der Waals surface area contributed by atoms with Gasteiger partial charge in [-0.15, -0.1) is 0 Å². The zero-order chi connectivity index (χ0) is 22.6. The maximum Gasteiger partial charge on any atom is 0.272 e. The van der Waals surface area contributed by atoms with E-state index >= 15 is 0 Å². The molecule has 0 spiro atoms. The molecule has 0 radical (unpaired) electrons. The van der Waals surface area contributed by atoms with Crippen molar-refractivity contribution in [3.63, 3.8) is 0 Å². The number of aryl methyl sites for hydroxylation is 1. The molecule has 1 atom stereocenters. The van der Waals surface area contributed by atoms with Gasteiger partial charge >= 0.3 is 0 Å².